The zero-order valence-corrected chi connectivity index (χ0v) is 12.2. The highest BCUT2D eigenvalue weighted by Crippen LogP contribution is 2.02. The average molecular weight is 254 g/mol. The van der Waals surface area contributed by atoms with Crippen molar-refractivity contribution in [3.8, 4) is 0 Å². The van der Waals surface area contributed by atoms with Crippen molar-refractivity contribution < 1.29 is 4.74 Å². The topological polar surface area (TPSA) is 52.0 Å². The van der Waals surface area contributed by atoms with Gasteiger partial charge in [-0.15, -0.1) is 5.10 Å². The Balaban J connectivity index is 2.30. The molecule has 1 heterocycles. The summed E-state index contributed by atoms with van der Waals surface area (Å²) in [4.78, 5) is 0. The molecule has 0 radical (unpaired) electrons. The van der Waals surface area contributed by atoms with Gasteiger partial charge in [-0.25, -0.2) is 4.68 Å². The molecule has 0 saturated carbocycles. The second-order valence-corrected chi connectivity index (χ2v) is 5.67. The molecule has 0 aliphatic carbocycles. The van der Waals surface area contributed by atoms with Crippen LogP contribution in [0.25, 0.3) is 0 Å². The number of rotatable bonds is 7. The molecule has 1 atom stereocenters. The van der Waals surface area contributed by atoms with Gasteiger partial charge in [0.15, 0.2) is 0 Å². The number of ether oxygens (including phenoxy) is 1. The smallest absolute Gasteiger partial charge is 0.0965 e. The number of aromatic nitrogens is 3. The standard InChI is InChI=1S/C13H26N4O/c1-6-11(2)18-8-7-17-10-12(15-16-17)9-14-13(3,4)5/h10-11,14H,6-9H2,1-5H3. The summed E-state index contributed by atoms with van der Waals surface area (Å²) in [6, 6.07) is 0. The number of hydrogen-bond acceptors (Lipinski definition) is 4. The Morgan fingerprint density at radius 3 is 2.78 bits per heavy atom. The Bertz CT molecular complexity index is 343. The molecule has 1 unspecified atom stereocenters. The lowest BCUT2D eigenvalue weighted by molar-refractivity contribution is 0.0562. The van der Waals surface area contributed by atoms with E-state index in [4.69, 9.17) is 4.74 Å². The molecular weight excluding hydrogens is 228 g/mol. The van der Waals surface area contributed by atoms with Crippen molar-refractivity contribution >= 4 is 0 Å². The third-order valence-corrected chi connectivity index (χ3v) is 2.68. The van der Waals surface area contributed by atoms with Gasteiger partial charge in [0.1, 0.15) is 0 Å². The summed E-state index contributed by atoms with van der Waals surface area (Å²) < 4.78 is 7.45. The molecule has 0 aromatic carbocycles. The summed E-state index contributed by atoms with van der Waals surface area (Å²) in [5.41, 5.74) is 1.07. The van der Waals surface area contributed by atoms with Gasteiger partial charge >= 0.3 is 0 Å². The van der Waals surface area contributed by atoms with E-state index in [1.165, 1.54) is 0 Å². The zero-order valence-electron chi connectivity index (χ0n) is 12.2. The van der Waals surface area contributed by atoms with Crippen LogP contribution in [0.3, 0.4) is 0 Å². The van der Waals surface area contributed by atoms with Crippen molar-refractivity contribution in [2.45, 2.75) is 65.8 Å². The Labute approximate surface area is 110 Å². The van der Waals surface area contributed by atoms with Crippen molar-refractivity contribution in [1.29, 1.82) is 0 Å². The quantitative estimate of drug-likeness (QED) is 0.808. The fourth-order valence-corrected chi connectivity index (χ4v) is 1.35. The monoisotopic (exact) mass is 254 g/mol. The van der Waals surface area contributed by atoms with Crippen molar-refractivity contribution in [1.82, 2.24) is 20.3 Å². The summed E-state index contributed by atoms with van der Waals surface area (Å²) in [7, 11) is 0. The first kappa shape index (κ1) is 15.1. The number of nitrogens with zero attached hydrogens (tertiary/aromatic N) is 3. The summed E-state index contributed by atoms with van der Waals surface area (Å²) in [6.07, 6.45) is 3.33. The maximum Gasteiger partial charge on any atom is 0.0965 e. The van der Waals surface area contributed by atoms with Crippen molar-refractivity contribution in [3.63, 3.8) is 0 Å². The molecule has 0 bridgehead atoms. The molecular formula is C13H26N4O. The molecule has 0 spiro atoms. The molecule has 1 rings (SSSR count). The number of nitrogens with one attached hydrogen (secondary N) is 1. The van der Waals surface area contributed by atoms with Crippen LogP contribution in [-0.4, -0.2) is 33.2 Å². The van der Waals surface area contributed by atoms with E-state index in [-0.39, 0.29) is 5.54 Å². The van der Waals surface area contributed by atoms with E-state index in [0.29, 0.717) is 12.7 Å². The molecule has 0 amide bonds. The van der Waals surface area contributed by atoms with Crippen LogP contribution in [0.15, 0.2) is 6.20 Å². The SMILES string of the molecule is CCC(C)OCCn1cc(CNC(C)(C)C)nn1. The predicted octanol–water partition coefficient (Wildman–Crippen LogP) is 1.98. The lowest BCUT2D eigenvalue weighted by Crippen LogP contribution is -2.35. The van der Waals surface area contributed by atoms with Gasteiger partial charge in [0.25, 0.3) is 0 Å². The fraction of sp³-hybridized carbons (Fsp3) is 0.846. The van der Waals surface area contributed by atoms with E-state index < -0.39 is 0 Å². The van der Waals surface area contributed by atoms with Gasteiger partial charge in [0.2, 0.25) is 0 Å². The first-order valence-electron chi connectivity index (χ1n) is 6.66. The van der Waals surface area contributed by atoms with Crippen molar-refractivity contribution in [3.05, 3.63) is 11.9 Å². The van der Waals surface area contributed by atoms with Crippen LogP contribution in [0.1, 0.15) is 46.7 Å². The van der Waals surface area contributed by atoms with Crippen LogP contribution in [-0.2, 0) is 17.8 Å². The molecule has 0 fully saturated rings. The van der Waals surface area contributed by atoms with Crippen LogP contribution < -0.4 is 5.32 Å². The van der Waals surface area contributed by atoms with Gasteiger partial charge in [-0.05, 0) is 34.1 Å². The molecule has 1 aromatic heterocycles. The zero-order chi connectivity index (χ0) is 13.6. The molecule has 0 saturated heterocycles. The predicted molar refractivity (Wildman–Crippen MR) is 72.3 cm³/mol. The Morgan fingerprint density at radius 2 is 2.17 bits per heavy atom. The van der Waals surface area contributed by atoms with Crippen molar-refractivity contribution in [2.75, 3.05) is 6.61 Å². The van der Waals surface area contributed by atoms with E-state index in [1.54, 1.807) is 0 Å². The van der Waals surface area contributed by atoms with E-state index in [2.05, 4.69) is 50.2 Å². The normalized spacial score (nSPS) is 13.8. The maximum absolute atomic E-state index is 5.61. The molecule has 1 aromatic rings. The fourth-order valence-electron chi connectivity index (χ4n) is 1.35. The van der Waals surface area contributed by atoms with Crippen LogP contribution in [0, 0.1) is 0 Å². The van der Waals surface area contributed by atoms with Gasteiger partial charge < -0.3 is 10.1 Å². The Kier molecular flexibility index (Phi) is 5.75. The molecule has 104 valence electrons. The van der Waals surface area contributed by atoms with Gasteiger partial charge in [0, 0.05) is 18.3 Å². The minimum absolute atomic E-state index is 0.101. The summed E-state index contributed by atoms with van der Waals surface area (Å²) >= 11 is 0. The van der Waals surface area contributed by atoms with Gasteiger partial charge in [-0.1, -0.05) is 12.1 Å². The molecule has 5 nitrogen and oxygen atoms in total. The second-order valence-electron chi connectivity index (χ2n) is 5.67. The minimum atomic E-state index is 0.101. The highest BCUT2D eigenvalue weighted by molar-refractivity contribution is 4.92. The highest BCUT2D eigenvalue weighted by atomic mass is 16.5. The summed E-state index contributed by atoms with van der Waals surface area (Å²) in [6.45, 7) is 12.8. The minimum Gasteiger partial charge on any atom is -0.377 e. The van der Waals surface area contributed by atoms with E-state index in [9.17, 15) is 0 Å². The molecule has 5 heteroatoms. The number of hydrogen-bond donors (Lipinski definition) is 1. The highest BCUT2D eigenvalue weighted by Gasteiger charge is 2.10. The van der Waals surface area contributed by atoms with Gasteiger partial charge in [-0.3, -0.25) is 0 Å². The first-order chi connectivity index (χ1) is 8.40. The maximum atomic E-state index is 5.61. The van der Waals surface area contributed by atoms with Crippen LogP contribution in [0.5, 0.6) is 0 Å². The van der Waals surface area contributed by atoms with E-state index in [0.717, 1.165) is 25.2 Å². The van der Waals surface area contributed by atoms with E-state index in [1.807, 2.05) is 10.9 Å². The van der Waals surface area contributed by atoms with E-state index >= 15 is 0 Å². The largest absolute Gasteiger partial charge is 0.377 e. The van der Waals surface area contributed by atoms with Crippen LogP contribution in [0.2, 0.25) is 0 Å². The molecule has 0 aliphatic heterocycles. The van der Waals surface area contributed by atoms with Gasteiger partial charge in [0.05, 0.1) is 24.9 Å². The summed E-state index contributed by atoms with van der Waals surface area (Å²) in [5.74, 6) is 0. The molecule has 18 heavy (non-hydrogen) atoms. The third kappa shape index (κ3) is 6.12. The third-order valence-electron chi connectivity index (χ3n) is 2.68. The van der Waals surface area contributed by atoms with Crippen molar-refractivity contribution in [2.24, 2.45) is 0 Å². The van der Waals surface area contributed by atoms with Crippen LogP contribution in [0.4, 0.5) is 0 Å². The molecule has 0 aliphatic rings. The second kappa shape index (κ2) is 6.85. The lowest BCUT2D eigenvalue weighted by atomic mass is 10.1. The Morgan fingerprint density at radius 1 is 1.44 bits per heavy atom. The van der Waals surface area contributed by atoms with Gasteiger partial charge in [-0.2, -0.15) is 0 Å². The Hall–Kier alpha value is -0.940. The first-order valence-corrected chi connectivity index (χ1v) is 6.66. The van der Waals surface area contributed by atoms with Crippen LogP contribution >= 0.6 is 0 Å². The summed E-state index contributed by atoms with van der Waals surface area (Å²) in [5, 5.41) is 11.6. The molecule has 1 N–H and O–H groups in total. The average Bonchev–Trinajstić information content (AvgIpc) is 2.73. The lowest BCUT2D eigenvalue weighted by Gasteiger charge is -2.19.